The van der Waals surface area contributed by atoms with Gasteiger partial charge in [0, 0.05) is 136 Å². The molecule has 2 aliphatic carbocycles. The summed E-state index contributed by atoms with van der Waals surface area (Å²) in [5.74, 6) is 8.11. The molecule has 29 nitrogen and oxygen atoms in total. The summed E-state index contributed by atoms with van der Waals surface area (Å²) >= 11 is 6.07. The third-order valence-electron chi connectivity index (χ3n) is 25.5. The van der Waals surface area contributed by atoms with Gasteiger partial charge in [-0.1, -0.05) is 125 Å². The van der Waals surface area contributed by atoms with E-state index in [9.17, 15) is 45.5 Å². The van der Waals surface area contributed by atoms with Gasteiger partial charge in [0.15, 0.2) is 63.4 Å². The summed E-state index contributed by atoms with van der Waals surface area (Å²) in [5.41, 5.74) is 3.74. The summed E-state index contributed by atoms with van der Waals surface area (Å²) in [6, 6.07) is 51.0. The number of nitrogens with zero attached hydrogens (tertiary/aromatic N) is 17. The molecule has 1 unspecified atom stereocenters. The minimum absolute atomic E-state index is 0.0193. The maximum atomic E-state index is 13.4. The number of ether oxygens (including phenoxy) is 3. The molecule has 2 saturated carbocycles. The zero-order valence-corrected chi connectivity index (χ0v) is 80.6. The van der Waals surface area contributed by atoms with Crippen molar-refractivity contribution in [3.05, 3.63) is 250 Å². The summed E-state index contributed by atoms with van der Waals surface area (Å²) in [6.07, 6.45) is 14.1. The van der Waals surface area contributed by atoms with E-state index in [0.717, 1.165) is 177 Å². The molecule has 7 fully saturated rings. The van der Waals surface area contributed by atoms with Crippen molar-refractivity contribution in [2.45, 2.75) is 181 Å². The smallest absolute Gasteiger partial charge is 0.419 e. The van der Waals surface area contributed by atoms with Crippen molar-refractivity contribution in [2.75, 3.05) is 116 Å². The van der Waals surface area contributed by atoms with Gasteiger partial charge in [0.1, 0.15) is 53.0 Å². The molecule has 5 aromatic carbocycles. The molecule has 7 aliphatic rings. The number of para-hydroxylation sites is 1. The van der Waals surface area contributed by atoms with E-state index >= 15 is 0 Å². The van der Waals surface area contributed by atoms with Gasteiger partial charge in [-0.05, 0) is 233 Å². The van der Waals surface area contributed by atoms with Gasteiger partial charge in [-0.15, -0.1) is 51.0 Å². The molecule has 36 heteroatoms. The second-order valence-electron chi connectivity index (χ2n) is 37.4. The number of aryl methyl sites for hydroxylation is 1. The molecule has 11 aromatic rings. The van der Waals surface area contributed by atoms with Gasteiger partial charge in [0.2, 0.25) is 0 Å². The molecule has 140 heavy (non-hydrogen) atoms. The van der Waals surface area contributed by atoms with Gasteiger partial charge in [0.05, 0.1) is 10.6 Å². The molecule has 1 atom stereocenters. The molecule has 742 valence electrons. The first-order chi connectivity index (χ1) is 67.8. The van der Waals surface area contributed by atoms with E-state index in [1.165, 1.54) is 91.4 Å². The van der Waals surface area contributed by atoms with Crippen molar-refractivity contribution in [3.63, 3.8) is 0 Å². The Bertz CT molecular complexity index is 5550. The molecule has 5 aliphatic heterocycles. The minimum Gasteiger partial charge on any atom is -0.490 e. The Balaban J connectivity index is 0.000000140. The first-order valence-electron chi connectivity index (χ1n) is 48.8. The zero-order chi connectivity index (χ0) is 98.3. The van der Waals surface area contributed by atoms with Crippen molar-refractivity contribution >= 4 is 64.3 Å². The molecule has 6 aromatic heterocycles. The Hall–Kier alpha value is -13.2. The monoisotopic (exact) mass is 1940 g/mol. The lowest BCUT2D eigenvalue weighted by Gasteiger charge is -2.33. The summed E-state index contributed by atoms with van der Waals surface area (Å²) in [6.45, 7) is 21.1. The average molecular weight is 1950 g/mol. The predicted octanol–water partition coefficient (Wildman–Crippen LogP) is 18.1. The number of carbonyl (C=O) groups is 4. The number of halogens is 7. The van der Waals surface area contributed by atoms with E-state index in [0.29, 0.717) is 133 Å². The van der Waals surface area contributed by atoms with Crippen LogP contribution in [0.4, 0.5) is 55.4 Å². The molecule has 0 bridgehead atoms. The van der Waals surface area contributed by atoms with E-state index in [1.807, 2.05) is 47.4 Å². The third kappa shape index (κ3) is 32.4. The number of alkyl halides is 3. The highest BCUT2D eigenvalue weighted by Gasteiger charge is 2.36. The average Bonchev–Trinajstić information content (AvgIpc) is 1.43. The van der Waals surface area contributed by atoms with Crippen LogP contribution in [0.2, 0.25) is 5.02 Å². The predicted molar refractivity (Wildman–Crippen MR) is 523 cm³/mol. The van der Waals surface area contributed by atoms with Gasteiger partial charge < -0.3 is 64.5 Å². The Labute approximate surface area is 817 Å². The van der Waals surface area contributed by atoms with Crippen molar-refractivity contribution in [1.82, 2.24) is 82.4 Å². The molecule has 18 rings (SSSR count). The Kier molecular flexibility index (Phi) is 37.5. The highest BCUT2D eigenvalue weighted by atomic mass is 35.5. The fourth-order valence-electron chi connectivity index (χ4n) is 16.9. The van der Waals surface area contributed by atoms with Crippen LogP contribution in [-0.2, 0) is 19.0 Å². The van der Waals surface area contributed by atoms with E-state index in [2.05, 4.69) is 160 Å². The number of hydrogen-bond donors (Lipinski definition) is 4. The zero-order valence-electron chi connectivity index (χ0n) is 79.9. The van der Waals surface area contributed by atoms with Crippen LogP contribution in [0.15, 0.2) is 187 Å². The van der Waals surface area contributed by atoms with Crippen LogP contribution in [0.3, 0.4) is 0 Å². The summed E-state index contributed by atoms with van der Waals surface area (Å²) in [5, 5.41) is 57.4. The van der Waals surface area contributed by atoms with Crippen LogP contribution in [0, 0.1) is 59.9 Å². The lowest BCUT2D eigenvalue weighted by molar-refractivity contribution is -0.139. The van der Waals surface area contributed by atoms with Crippen LogP contribution in [0.1, 0.15) is 201 Å². The third-order valence-corrected chi connectivity index (χ3v) is 25.8. The highest BCUT2D eigenvalue weighted by molar-refractivity contribution is 6.32. The van der Waals surface area contributed by atoms with Crippen molar-refractivity contribution in [3.8, 4) is 28.8 Å². The second kappa shape index (κ2) is 51.1. The molecule has 0 radical (unpaired) electrons. The second-order valence-corrected chi connectivity index (χ2v) is 37.8. The number of carbonyl (C=O) groups excluding carboxylic acids is 4. The molecular formula is C104H124ClF6N21O8. The van der Waals surface area contributed by atoms with Crippen LogP contribution < -0.4 is 60.0 Å². The fourth-order valence-corrected chi connectivity index (χ4v) is 17.1. The molecule has 0 spiro atoms. The highest BCUT2D eigenvalue weighted by Crippen LogP contribution is 2.39. The molecule has 5 saturated heterocycles. The van der Waals surface area contributed by atoms with Gasteiger partial charge in [0.25, 0.3) is 29.5 Å². The van der Waals surface area contributed by atoms with Crippen molar-refractivity contribution in [1.29, 1.82) is 0 Å². The van der Waals surface area contributed by atoms with Crippen molar-refractivity contribution in [2.24, 2.45) is 35.5 Å². The number of anilines is 5. The van der Waals surface area contributed by atoms with E-state index < -0.39 is 11.7 Å². The van der Waals surface area contributed by atoms with E-state index in [1.54, 1.807) is 55.5 Å². The summed E-state index contributed by atoms with van der Waals surface area (Å²) in [7, 11) is 0. The van der Waals surface area contributed by atoms with Crippen LogP contribution in [0.5, 0.6) is 17.2 Å². The number of amides is 4. The maximum absolute atomic E-state index is 13.4. The van der Waals surface area contributed by atoms with Crippen molar-refractivity contribution < 1.29 is 64.3 Å². The lowest BCUT2D eigenvalue weighted by atomic mass is 9.90. The molecule has 4 amide bonds. The van der Waals surface area contributed by atoms with E-state index in [4.69, 9.17) is 30.3 Å². The fraction of sp³-hybridized carbons (Fsp3) is 0.462. The molecule has 11 heterocycles. The van der Waals surface area contributed by atoms with Crippen LogP contribution >= 0.6 is 11.6 Å². The summed E-state index contributed by atoms with van der Waals surface area (Å²) < 4.78 is 101. The van der Waals surface area contributed by atoms with Crippen LogP contribution in [-0.4, -0.2) is 195 Å². The molecular weight excluding hydrogens is 1820 g/mol. The largest absolute Gasteiger partial charge is 0.490 e. The number of hydrogen-bond acceptors (Lipinski definition) is 25. The number of piperidine rings is 4. The summed E-state index contributed by atoms with van der Waals surface area (Å²) in [4.78, 5) is 63.3. The number of benzene rings is 5. The minimum atomic E-state index is -4.45. The lowest BCUT2D eigenvalue weighted by Crippen LogP contribution is -2.39. The van der Waals surface area contributed by atoms with Gasteiger partial charge in [-0.3, -0.25) is 19.2 Å². The quantitative estimate of drug-likeness (QED) is 0.0285. The maximum Gasteiger partial charge on any atom is 0.419 e. The topological polar surface area (TPSA) is 328 Å². The first kappa shape index (κ1) is 103. The Morgan fingerprint density at radius 2 is 0.786 bits per heavy atom. The normalized spacial score (nSPS) is 16.4. The Morgan fingerprint density at radius 1 is 0.400 bits per heavy atom. The van der Waals surface area contributed by atoms with Gasteiger partial charge >= 0.3 is 6.18 Å². The Morgan fingerprint density at radius 3 is 1.21 bits per heavy atom. The van der Waals surface area contributed by atoms with Crippen LogP contribution in [0.25, 0.3) is 11.6 Å². The first-order valence-corrected chi connectivity index (χ1v) is 49.2. The number of nitrogens with one attached hydrogen (secondary N) is 4. The van der Waals surface area contributed by atoms with Gasteiger partial charge in [-0.25, -0.2) is 13.2 Å². The number of aromatic nitrogens is 12. The van der Waals surface area contributed by atoms with Gasteiger partial charge in [-0.2, -0.15) is 18.2 Å². The van der Waals surface area contributed by atoms with E-state index in [-0.39, 0.29) is 70.8 Å². The molecule has 4 N–H and O–H groups in total. The standard InChI is InChI=1S/C22H25F3N4O2.C22H29FN4O.C21H25FN4O2.C21H28N4O.C18H17ClFN5O2/c23-22(24,25)17-3-1-2-4-19(17)31-16-10-13-29(14-11-16)20-8-7-18(27-28-20)21(30)26-12-9-15-5-6-15;1-16(2)9-12-24-22(28)20-7-8-21(26-25-20)27-13-10-18(11-14-27)15-17-3-5-19(23)6-4-17;22-16-3-5-17(6-4-16)28-18-10-13-26(14-11-18)20-8-7-19(24-25-20)21(27)23-12-9-15-1-2-15;1-16(2)10-12-22-21(26)19-8-9-20(24-23-19)25-13-11-18(15-25)14-17-6-4-3-5-7-17;1-11-21-18(27-24-11)15-4-5-17(23-22-15)25-8-6-13(7-9-25)26-16-10-12(20)2-3-14(16)19/h1-4,7-8,15-16H,5-6,9-14H2,(H,26,30);3-8,16,18H,9-15H2,1-2H3,(H,24,28);3-8,15,18H,1-2,9-14H2,(H,23,27);3-9,16,18H,10-15H2,1-2H3,(H,22,26);2-5,10,13H,6-9H2,1H3. The SMILES string of the molecule is CC(C)CCNC(=O)c1ccc(N2CCC(Cc3ccc(F)cc3)CC2)nn1.CC(C)CCNC(=O)c1ccc(N2CCC(Cc3ccccc3)C2)nn1.Cc1noc(-c2ccc(N3CCC(Oc4cc(F)ccc4Cl)CC3)nn2)n1.O=C(NCCC1CC1)c1ccc(N2CCC(Oc3ccc(F)cc3)CC2)nn1.O=C(NCCC1CC1)c1ccc(N2CCC(Oc3ccccc3C(F)(F)F)CC2)nn1. The number of rotatable bonds is 32.